The number of nitrogens with zero attached hydrogens (tertiary/aromatic N) is 4. The molecule has 0 aliphatic carbocycles. The van der Waals surface area contributed by atoms with E-state index in [4.69, 9.17) is 5.53 Å². The van der Waals surface area contributed by atoms with Gasteiger partial charge in [0.1, 0.15) is 5.69 Å². The highest BCUT2D eigenvalue weighted by Gasteiger charge is 2.31. The summed E-state index contributed by atoms with van der Waals surface area (Å²) in [5, 5.41) is 3.24. The Balaban J connectivity index is 2.72. The van der Waals surface area contributed by atoms with Crippen LogP contribution in [-0.2, 0) is 6.18 Å². The van der Waals surface area contributed by atoms with Gasteiger partial charge in [0.15, 0.2) is 0 Å². The maximum Gasteiger partial charge on any atom is 0.433 e. The molecule has 1 rings (SSSR count). The zero-order chi connectivity index (χ0) is 12.0. The van der Waals surface area contributed by atoms with Gasteiger partial charge in [-0.3, -0.25) is 4.98 Å². The normalized spacial score (nSPS) is 11.4. The van der Waals surface area contributed by atoms with Crippen molar-refractivity contribution in [1.29, 1.82) is 0 Å². The SMILES string of the molecule is [N-]=[N+]=NCC=Cc1ccc(C(F)(F)F)nc1. The number of alkyl halides is 3. The Morgan fingerprint density at radius 1 is 1.44 bits per heavy atom. The fraction of sp³-hybridized carbons (Fsp3) is 0.222. The second kappa shape index (κ2) is 5.18. The molecule has 1 heterocycles. The van der Waals surface area contributed by atoms with Crippen molar-refractivity contribution in [2.24, 2.45) is 5.11 Å². The molecule has 0 unspecified atom stereocenters. The lowest BCUT2D eigenvalue weighted by Gasteiger charge is -2.04. The summed E-state index contributed by atoms with van der Waals surface area (Å²) in [4.78, 5) is 5.79. The molecule has 0 spiro atoms. The van der Waals surface area contributed by atoms with Gasteiger partial charge in [0, 0.05) is 17.7 Å². The Bertz CT molecular complexity index is 415. The number of rotatable bonds is 3. The van der Waals surface area contributed by atoms with Gasteiger partial charge in [-0.05, 0) is 17.2 Å². The fourth-order valence-electron chi connectivity index (χ4n) is 0.944. The van der Waals surface area contributed by atoms with Gasteiger partial charge in [-0.25, -0.2) is 0 Å². The second-order valence-electron chi connectivity index (χ2n) is 2.79. The molecular formula is C9H7F3N4. The van der Waals surface area contributed by atoms with Crippen molar-refractivity contribution >= 4 is 6.08 Å². The highest BCUT2D eigenvalue weighted by Crippen LogP contribution is 2.27. The van der Waals surface area contributed by atoms with Crippen LogP contribution in [0.2, 0.25) is 0 Å². The first-order chi connectivity index (χ1) is 7.54. The lowest BCUT2D eigenvalue weighted by atomic mass is 10.2. The van der Waals surface area contributed by atoms with Gasteiger partial charge in [-0.15, -0.1) is 0 Å². The number of aromatic nitrogens is 1. The third-order valence-corrected chi connectivity index (χ3v) is 1.64. The Labute approximate surface area is 89.1 Å². The molecule has 0 amide bonds. The van der Waals surface area contributed by atoms with Crippen molar-refractivity contribution in [3.8, 4) is 0 Å². The summed E-state index contributed by atoms with van der Waals surface area (Å²) in [6, 6.07) is 2.19. The van der Waals surface area contributed by atoms with Crippen LogP contribution in [0.25, 0.3) is 16.5 Å². The minimum Gasteiger partial charge on any atom is -0.251 e. The van der Waals surface area contributed by atoms with E-state index in [0.717, 1.165) is 12.3 Å². The second-order valence-corrected chi connectivity index (χ2v) is 2.79. The Morgan fingerprint density at radius 3 is 2.69 bits per heavy atom. The van der Waals surface area contributed by atoms with Gasteiger partial charge in [0.05, 0.1) is 0 Å². The average molecular weight is 228 g/mol. The molecular weight excluding hydrogens is 221 g/mol. The average Bonchev–Trinajstić information content (AvgIpc) is 2.24. The highest BCUT2D eigenvalue weighted by atomic mass is 19.4. The van der Waals surface area contributed by atoms with Crippen LogP contribution in [0.3, 0.4) is 0 Å². The summed E-state index contributed by atoms with van der Waals surface area (Å²) in [7, 11) is 0. The standard InChI is InChI=1S/C9H7F3N4/c10-9(11,12)8-4-3-7(6-14-8)2-1-5-15-16-13/h1-4,6H,5H2. The van der Waals surface area contributed by atoms with Crippen molar-refractivity contribution in [2.45, 2.75) is 6.18 Å². The van der Waals surface area contributed by atoms with E-state index in [1.807, 2.05) is 0 Å². The lowest BCUT2D eigenvalue weighted by molar-refractivity contribution is -0.141. The van der Waals surface area contributed by atoms with Crippen LogP contribution in [0.4, 0.5) is 13.2 Å². The number of pyridine rings is 1. The van der Waals surface area contributed by atoms with Crippen molar-refractivity contribution < 1.29 is 13.2 Å². The summed E-state index contributed by atoms with van der Waals surface area (Å²) in [5.74, 6) is 0. The molecule has 0 aromatic carbocycles. The molecule has 0 saturated carbocycles. The highest BCUT2D eigenvalue weighted by molar-refractivity contribution is 5.48. The molecule has 0 atom stereocenters. The van der Waals surface area contributed by atoms with Gasteiger partial charge in [-0.1, -0.05) is 23.3 Å². The Morgan fingerprint density at radius 2 is 2.19 bits per heavy atom. The predicted octanol–water partition coefficient (Wildman–Crippen LogP) is 3.42. The molecule has 1 aromatic heterocycles. The lowest BCUT2D eigenvalue weighted by Crippen LogP contribution is -2.07. The summed E-state index contributed by atoms with van der Waals surface area (Å²) >= 11 is 0. The first-order valence-electron chi connectivity index (χ1n) is 4.24. The third-order valence-electron chi connectivity index (χ3n) is 1.64. The van der Waals surface area contributed by atoms with Crippen molar-refractivity contribution in [3.05, 3.63) is 46.1 Å². The van der Waals surface area contributed by atoms with Gasteiger partial charge in [0.2, 0.25) is 0 Å². The van der Waals surface area contributed by atoms with E-state index in [1.54, 1.807) is 0 Å². The molecule has 0 radical (unpaired) electrons. The van der Waals surface area contributed by atoms with Crippen LogP contribution in [0.5, 0.6) is 0 Å². The summed E-state index contributed by atoms with van der Waals surface area (Å²) < 4.78 is 36.4. The number of hydrogen-bond acceptors (Lipinski definition) is 2. The summed E-state index contributed by atoms with van der Waals surface area (Å²) in [6.07, 6.45) is -0.255. The molecule has 7 heteroatoms. The van der Waals surface area contributed by atoms with Crippen LogP contribution in [-0.4, -0.2) is 11.5 Å². The molecule has 0 saturated heterocycles. The van der Waals surface area contributed by atoms with E-state index >= 15 is 0 Å². The first-order valence-corrected chi connectivity index (χ1v) is 4.24. The predicted molar refractivity (Wildman–Crippen MR) is 52.3 cm³/mol. The summed E-state index contributed by atoms with van der Waals surface area (Å²) in [6.45, 7) is 0.150. The molecule has 16 heavy (non-hydrogen) atoms. The van der Waals surface area contributed by atoms with Crippen molar-refractivity contribution in [3.63, 3.8) is 0 Å². The minimum atomic E-state index is -4.42. The molecule has 0 aliphatic heterocycles. The Kier molecular flexibility index (Phi) is 3.90. The molecule has 84 valence electrons. The van der Waals surface area contributed by atoms with Crippen LogP contribution < -0.4 is 0 Å². The first kappa shape index (κ1) is 12.1. The zero-order valence-corrected chi connectivity index (χ0v) is 8.02. The Hall–Kier alpha value is -2.01. The van der Waals surface area contributed by atoms with Crippen LogP contribution in [0.1, 0.15) is 11.3 Å². The van der Waals surface area contributed by atoms with Gasteiger partial charge < -0.3 is 0 Å². The van der Waals surface area contributed by atoms with Crippen LogP contribution in [0.15, 0.2) is 29.5 Å². The number of hydrogen-bond donors (Lipinski definition) is 0. The van der Waals surface area contributed by atoms with E-state index in [1.165, 1.54) is 18.2 Å². The molecule has 1 aromatic rings. The third kappa shape index (κ3) is 3.62. The minimum absolute atomic E-state index is 0.150. The van der Waals surface area contributed by atoms with Gasteiger partial charge in [-0.2, -0.15) is 13.2 Å². The molecule has 4 nitrogen and oxygen atoms in total. The van der Waals surface area contributed by atoms with Gasteiger partial charge in [0.25, 0.3) is 0 Å². The molecule has 0 aliphatic rings. The van der Waals surface area contributed by atoms with Crippen molar-refractivity contribution in [2.75, 3.05) is 6.54 Å². The molecule has 0 bridgehead atoms. The number of halogens is 3. The maximum absolute atomic E-state index is 12.1. The monoisotopic (exact) mass is 228 g/mol. The summed E-state index contributed by atoms with van der Waals surface area (Å²) in [5.41, 5.74) is 7.56. The fourth-order valence-corrected chi connectivity index (χ4v) is 0.944. The molecule has 0 N–H and O–H groups in total. The zero-order valence-electron chi connectivity index (χ0n) is 8.02. The van der Waals surface area contributed by atoms with Crippen LogP contribution in [0, 0.1) is 0 Å². The molecule has 0 fully saturated rings. The quantitative estimate of drug-likeness (QED) is 0.444. The van der Waals surface area contributed by atoms with Gasteiger partial charge >= 0.3 is 6.18 Å². The van der Waals surface area contributed by atoms with Crippen molar-refractivity contribution in [1.82, 2.24) is 4.98 Å². The topological polar surface area (TPSA) is 61.7 Å². The largest absolute Gasteiger partial charge is 0.433 e. The smallest absolute Gasteiger partial charge is 0.251 e. The van der Waals surface area contributed by atoms with E-state index in [9.17, 15) is 13.2 Å². The number of azide groups is 1. The van der Waals surface area contributed by atoms with E-state index in [0.29, 0.717) is 5.56 Å². The van der Waals surface area contributed by atoms with E-state index in [2.05, 4.69) is 15.0 Å². The van der Waals surface area contributed by atoms with E-state index in [-0.39, 0.29) is 6.54 Å². The van der Waals surface area contributed by atoms with Crippen LogP contribution >= 0.6 is 0 Å². The van der Waals surface area contributed by atoms with E-state index < -0.39 is 11.9 Å². The maximum atomic E-state index is 12.1.